The maximum absolute atomic E-state index is 12.4. The van der Waals surface area contributed by atoms with E-state index < -0.39 is 6.61 Å². The third kappa shape index (κ3) is 3.65. The minimum absolute atomic E-state index is 0.0630. The van der Waals surface area contributed by atoms with Crippen LogP contribution in [0.15, 0.2) is 49.1 Å². The van der Waals surface area contributed by atoms with Gasteiger partial charge in [0, 0.05) is 5.56 Å². The Labute approximate surface area is 136 Å². The van der Waals surface area contributed by atoms with E-state index >= 15 is 0 Å². The first-order valence-corrected chi connectivity index (χ1v) is 7.07. The zero-order valence-electron chi connectivity index (χ0n) is 12.8. The number of aromatic nitrogens is 4. The van der Waals surface area contributed by atoms with Crippen molar-refractivity contribution >= 4 is 0 Å². The minimum atomic E-state index is -2.88. The fourth-order valence-electron chi connectivity index (χ4n) is 2.25. The highest BCUT2D eigenvalue weighted by Gasteiger charge is 2.12. The molecule has 2 heterocycles. The van der Waals surface area contributed by atoms with E-state index in [0.29, 0.717) is 23.6 Å². The van der Waals surface area contributed by atoms with Crippen molar-refractivity contribution in [3.63, 3.8) is 0 Å². The van der Waals surface area contributed by atoms with Crippen LogP contribution >= 0.6 is 0 Å². The van der Waals surface area contributed by atoms with Crippen LogP contribution in [-0.4, -0.2) is 33.5 Å². The van der Waals surface area contributed by atoms with Gasteiger partial charge in [-0.3, -0.25) is 0 Å². The van der Waals surface area contributed by atoms with E-state index in [9.17, 15) is 8.78 Å². The molecule has 0 N–H and O–H groups in total. The van der Waals surface area contributed by atoms with Gasteiger partial charge in [0.2, 0.25) is 0 Å². The normalized spacial score (nSPS) is 10.8. The molecule has 2 aromatic heterocycles. The lowest BCUT2D eigenvalue weighted by Gasteiger charge is -2.11. The maximum atomic E-state index is 12.4. The average molecular weight is 332 g/mol. The van der Waals surface area contributed by atoms with Gasteiger partial charge in [-0.05, 0) is 24.3 Å². The Balaban J connectivity index is 1.96. The number of methoxy groups -OCH3 is 1. The number of hydrogen-bond donors (Lipinski definition) is 0. The molecule has 0 aliphatic carbocycles. The molecule has 6 nitrogen and oxygen atoms in total. The highest BCUT2D eigenvalue weighted by atomic mass is 19.3. The largest absolute Gasteiger partial charge is 0.494 e. The van der Waals surface area contributed by atoms with E-state index in [4.69, 9.17) is 4.74 Å². The van der Waals surface area contributed by atoms with Gasteiger partial charge in [-0.15, -0.1) is 0 Å². The number of nitrogens with zero attached hydrogens (tertiary/aromatic N) is 4. The van der Waals surface area contributed by atoms with Crippen LogP contribution in [0.1, 0.15) is 5.69 Å². The van der Waals surface area contributed by atoms with Crippen molar-refractivity contribution in [2.75, 3.05) is 7.11 Å². The van der Waals surface area contributed by atoms with Crippen molar-refractivity contribution in [3.8, 4) is 22.8 Å². The van der Waals surface area contributed by atoms with Crippen molar-refractivity contribution in [1.82, 2.24) is 19.7 Å². The fourth-order valence-corrected chi connectivity index (χ4v) is 2.25. The summed E-state index contributed by atoms with van der Waals surface area (Å²) in [5.41, 5.74) is 1.89. The van der Waals surface area contributed by atoms with Gasteiger partial charge in [0.1, 0.15) is 29.8 Å². The Morgan fingerprint density at radius 1 is 1.21 bits per heavy atom. The van der Waals surface area contributed by atoms with Crippen molar-refractivity contribution in [1.29, 1.82) is 0 Å². The zero-order valence-corrected chi connectivity index (χ0v) is 12.8. The first-order valence-electron chi connectivity index (χ1n) is 7.07. The van der Waals surface area contributed by atoms with E-state index in [0.717, 1.165) is 5.69 Å². The van der Waals surface area contributed by atoms with Crippen molar-refractivity contribution in [2.45, 2.75) is 13.2 Å². The van der Waals surface area contributed by atoms with Crippen LogP contribution in [0.2, 0.25) is 0 Å². The summed E-state index contributed by atoms with van der Waals surface area (Å²) in [4.78, 5) is 8.44. The van der Waals surface area contributed by atoms with Gasteiger partial charge in [-0.25, -0.2) is 14.6 Å². The van der Waals surface area contributed by atoms with Gasteiger partial charge in [-0.1, -0.05) is 12.1 Å². The number of hydrogen-bond acceptors (Lipinski definition) is 5. The van der Waals surface area contributed by atoms with Crippen LogP contribution in [0.25, 0.3) is 11.3 Å². The molecule has 0 fully saturated rings. The molecule has 0 radical (unpaired) electrons. The second-order valence-electron chi connectivity index (χ2n) is 4.85. The minimum Gasteiger partial charge on any atom is -0.494 e. The molecule has 24 heavy (non-hydrogen) atoms. The second-order valence-corrected chi connectivity index (χ2v) is 4.85. The molecule has 0 amide bonds. The lowest BCUT2D eigenvalue weighted by atomic mass is 10.1. The van der Waals surface area contributed by atoms with Crippen LogP contribution in [-0.2, 0) is 6.54 Å². The summed E-state index contributed by atoms with van der Waals surface area (Å²) in [6, 6.07) is 9.91. The summed E-state index contributed by atoms with van der Waals surface area (Å²) in [6.07, 6.45) is 3.03. The molecule has 3 aromatic rings. The third-order valence-corrected chi connectivity index (χ3v) is 3.26. The molecule has 0 bridgehead atoms. The fraction of sp³-hybridized carbons (Fsp3) is 0.188. The predicted molar refractivity (Wildman–Crippen MR) is 82.0 cm³/mol. The lowest BCUT2D eigenvalue weighted by molar-refractivity contribution is -0.0498. The molecule has 8 heteroatoms. The molecule has 0 spiro atoms. The van der Waals surface area contributed by atoms with E-state index in [1.165, 1.54) is 25.6 Å². The van der Waals surface area contributed by atoms with Crippen molar-refractivity contribution < 1.29 is 18.3 Å². The summed E-state index contributed by atoms with van der Waals surface area (Å²) in [5, 5.41) is 4.03. The number of ether oxygens (including phenoxy) is 2. The van der Waals surface area contributed by atoms with E-state index in [2.05, 4.69) is 19.8 Å². The summed E-state index contributed by atoms with van der Waals surface area (Å²) in [6.45, 7) is -2.45. The van der Waals surface area contributed by atoms with Gasteiger partial charge in [0.15, 0.2) is 0 Å². The van der Waals surface area contributed by atoms with Crippen molar-refractivity contribution in [3.05, 3.63) is 54.7 Å². The standard InChI is InChI=1S/C16H14F2N4O2/c1-23-14-6-5-12(8-22-10-19-9-20-22)21-15(14)11-3-2-4-13(7-11)24-16(17)18/h2-7,9-10,16H,8H2,1H3. The van der Waals surface area contributed by atoms with Gasteiger partial charge in [0.05, 0.1) is 19.3 Å². The monoisotopic (exact) mass is 332 g/mol. The number of benzene rings is 1. The van der Waals surface area contributed by atoms with Crippen LogP contribution in [0.3, 0.4) is 0 Å². The molecule has 124 valence electrons. The second kappa shape index (κ2) is 7.03. The van der Waals surface area contributed by atoms with Crippen molar-refractivity contribution in [2.24, 2.45) is 0 Å². The molecule has 0 saturated carbocycles. The van der Waals surface area contributed by atoms with E-state index in [1.54, 1.807) is 29.2 Å². The molecule has 0 saturated heterocycles. The quantitative estimate of drug-likeness (QED) is 0.694. The Kier molecular flexibility index (Phi) is 4.64. The van der Waals surface area contributed by atoms with E-state index in [1.807, 2.05) is 6.07 Å². The third-order valence-electron chi connectivity index (χ3n) is 3.26. The Bertz CT molecular complexity index is 810. The molecule has 3 rings (SSSR count). The summed E-state index contributed by atoms with van der Waals surface area (Å²) in [7, 11) is 1.52. The smallest absolute Gasteiger partial charge is 0.387 e. The zero-order chi connectivity index (χ0) is 16.9. The molecule has 0 atom stereocenters. The number of rotatable bonds is 6. The SMILES string of the molecule is COc1ccc(Cn2cncn2)nc1-c1cccc(OC(F)F)c1. The van der Waals surface area contributed by atoms with Crippen LogP contribution in [0.4, 0.5) is 8.78 Å². The molecule has 0 aliphatic heterocycles. The summed E-state index contributed by atoms with van der Waals surface area (Å²) in [5.74, 6) is 0.597. The number of halogens is 2. The Morgan fingerprint density at radius 3 is 2.79 bits per heavy atom. The molecular weight excluding hydrogens is 318 g/mol. The highest BCUT2D eigenvalue weighted by Crippen LogP contribution is 2.31. The summed E-state index contributed by atoms with van der Waals surface area (Å²) >= 11 is 0. The molecular formula is C16H14F2N4O2. The highest BCUT2D eigenvalue weighted by molar-refractivity contribution is 5.67. The lowest BCUT2D eigenvalue weighted by Crippen LogP contribution is -2.04. The molecule has 0 aliphatic rings. The number of alkyl halides is 2. The van der Waals surface area contributed by atoms with Gasteiger partial charge in [-0.2, -0.15) is 13.9 Å². The average Bonchev–Trinajstić information content (AvgIpc) is 3.07. The maximum Gasteiger partial charge on any atom is 0.387 e. The molecule has 0 unspecified atom stereocenters. The van der Waals surface area contributed by atoms with Crippen LogP contribution in [0.5, 0.6) is 11.5 Å². The van der Waals surface area contributed by atoms with Gasteiger partial charge >= 0.3 is 6.61 Å². The topological polar surface area (TPSA) is 62.1 Å². The van der Waals surface area contributed by atoms with Crippen LogP contribution in [0, 0.1) is 0 Å². The van der Waals surface area contributed by atoms with Gasteiger partial charge in [0.25, 0.3) is 0 Å². The Morgan fingerprint density at radius 2 is 2.08 bits per heavy atom. The van der Waals surface area contributed by atoms with Crippen LogP contribution < -0.4 is 9.47 Å². The molecule has 1 aromatic carbocycles. The van der Waals surface area contributed by atoms with Gasteiger partial charge < -0.3 is 9.47 Å². The number of pyridine rings is 1. The first-order chi connectivity index (χ1) is 11.7. The summed E-state index contributed by atoms with van der Waals surface area (Å²) < 4.78 is 36.2. The Hall–Kier alpha value is -3.03. The van der Waals surface area contributed by atoms with E-state index in [-0.39, 0.29) is 5.75 Å². The first kappa shape index (κ1) is 15.9. The predicted octanol–water partition coefficient (Wildman–Crippen LogP) is 3.00.